The lowest BCUT2D eigenvalue weighted by atomic mass is 10.1. The second-order valence-electron chi connectivity index (χ2n) is 3.16. The van der Waals surface area contributed by atoms with Crippen LogP contribution >= 0.6 is 0 Å². The molecule has 1 aliphatic carbocycles. The molecule has 4 heteroatoms. The summed E-state index contributed by atoms with van der Waals surface area (Å²) in [6.45, 7) is 0.295. The van der Waals surface area contributed by atoms with E-state index in [1.807, 2.05) is 0 Å². The molecule has 1 fully saturated rings. The van der Waals surface area contributed by atoms with E-state index in [1.54, 1.807) is 0 Å². The van der Waals surface area contributed by atoms with Crippen molar-refractivity contribution in [2.45, 2.75) is 18.6 Å². The zero-order chi connectivity index (χ0) is 8.43. The van der Waals surface area contributed by atoms with E-state index in [0.717, 1.165) is 0 Å². The SMILES string of the molecule is NC[C@@H]1C[C@@H](CO)[C@@H](O)[C@H]1O. The van der Waals surface area contributed by atoms with E-state index >= 15 is 0 Å². The number of aliphatic hydroxyl groups excluding tert-OH is 3. The number of nitrogens with two attached hydrogens (primary N) is 1. The van der Waals surface area contributed by atoms with Crippen molar-refractivity contribution in [2.75, 3.05) is 13.2 Å². The van der Waals surface area contributed by atoms with Crippen LogP contribution in [0.1, 0.15) is 6.42 Å². The van der Waals surface area contributed by atoms with Gasteiger partial charge < -0.3 is 21.1 Å². The third-order valence-corrected chi connectivity index (χ3v) is 2.46. The van der Waals surface area contributed by atoms with Crippen molar-refractivity contribution >= 4 is 0 Å². The first-order chi connectivity index (χ1) is 5.20. The Hall–Kier alpha value is -0.160. The molecule has 0 radical (unpaired) electrons. The number of aliphatic hydroxyl groups is 3. The van der Waals surface area contributed by atoms with Gasteiger partial charge in [-0.1, -0.05) is 0 Å². The van der Waals surface area contributed by atoms with Gasteiger partial charge in [0.05, 0.1) is 12.2 Å². The molecule has 0 spiro atoms. The van der Waals surface area contributed by atoms with Crippen molar-refractivity contribution in [2.24, 2.45) is 17.6 Å². The lowest BCUT2D eigenvalue weighted by Crippen LogP contribution is -2.31. The van der Waals surface area contributed by atoms with E-state index in [9.17, 15) is 10.2 Å². The molecule has 0 aromatic rings. The minimum absolute atomic E-state index is 0.0536. The molecule has 0 unspecified atom stereocenters. The Morgan fingerprint density at radius 2 is 1.73 bits per heavy atom. The van der Waals surface area contributed by atoms with Crippen LogP contribution in [0.2, 0.25) is 0 Å². The molecule has 0 aromatic heterocycles. The van der Waals surface area contributed by atoms with Crippen molar-refractivity contribution in [3.63, 3.8) is 0 Å². The van der Waals surface area contributed by atoms with Gasteiger partial charge in [-0.2, -0.15) is 0 Å². The third-order valence-electron chi connectivity index (χ3n) is 2.46. The maximum atomic E-state index is 9.32. The maximum Gasteiger partial charge on any atom is 0.0852 e. The molecular formula is C7H15NO3. The Morgan fingerprint density at radius 1 is 1.18 bits per heavy atom. The van der Waals surface area contributed by atoms with E-state index in [-0.39, 0.29) is 18.4 Å². The van der Waals surface area contributed by atoms with Crippen molar-refractivity contribution in [3.05, 3.63) is 0 Å². The standard InChI is InChI=1S/C7H15NO3/c8-2-4-1-5(3-9)7(11)6(4)10/h4-7,9-11H,1-3,8H2/t4-,5-,6-,7+/m0/s1. The second-order valence-corrected chi connectivity index (χ2v) is 3.16. The normalized spacial score (nSPS) is 44.7. The summed E-state index contributed by atoms with van der Waals surface area (Å²) in [5.74, 6) is -0.249. The minimum Gasteiger partial charge on any atom is -0.396 e. The quantitative estimate of drug-likeness (QED) is 0.388. The molecule has 0 amide bonds. The monoisotopic (exact) mass is 161 g/mol. The van der Waals surface area contributed by atoms with Gasteiger partial charge in [-0.3, -0.25) is 0 Å². The molecule has 11 heavy (non-hydrogen) atoms. The summed E-state index contributed by atoms with van der Waals surface area (Å²) in [5.41, 5.74) is 5.35. The van der Waals surface area contributed by atoms with Crippen molar-refractivity contribution in [3.8, 4) is 0 Å². The molecule has 66 valence electrons. The molecule has 1 saturated carbocycles. The largest absolute Gasteiger partial charge is 0.396 e. The summed E-state index contributed by atoms with van der Waals surface area (Å²) in [6, 6.07) is 0. The average molecular weight is 161 g/mol. The lowest BCUT2D eigenvalue weighted by Gasteiger charge is -2.14. The highest BCUT2D eigenvalue weighted by Crippen LogP contribution is 2.30. The van der Waals surface area contributed by atoms with Crippen LogP contribution in [-0.4, -0.2) is 40.7 Å². The maximum absolute atomic E-state index is 9.32. The summed E-state index contributed by atoms with van der Waals surface area (Å²) in [5, 5.41) is 27.4. The molecule has 0 aromatic carbocycles. The van der Waals surface area contributed by atoms with Crippen LogP contribution in [-0.2, 0) is 0 Å². The molecular weight excluding hydrogens is 146 g/mol. The van der Waals surface area contributed by atoms with Gasteiger partial charge in [-0.05, 0) is 13.0 Å². The highest BCUT2D eigenvalue weighted by molar-refractivity contribution is 4.90. The highest BCUT2D eigenvalue weighted by atomic mass is 16.3. The Kier molecular flexibility index (Phi) is 2.84. The van der Waals surface area contributed by atoms with Crippen LogP contribution in [0.4, 0.5) is 0 Å². The van der Waals surface area contributed by atoms with Crippen LogP contribution in [0.15, 0.2) is 0 Å². The van der Waals surface area contributed by atoms with E-state index in [4.69, 9.17) is 10.8 Å². The van der Waals surface area contributed by atoms with Gasteiger partial charge in [0.15, 0.2) is 0 Å². The van der Waals surface area contributed by atoms with Gasteiger partial charge in [-0.25, -0.2) is 0 Å². The predicted molar refractivity (Wildman–Crippen MR) is 39.8 cm³/mol. The smallest absolute Gasteiger partial charge is 0.0852 e. The van der Waals surface area contributed by atoms with Crippen LogP contribution in [0.5, 0.6) is 0 Å². The van der Waals surface area contributed by atoms with Crippen molar-refractivity contribution in [1.82, 2.24) is 0 Å². The molecule has 1 rings (SSSR count). The van der Waals surface area contributed by atoms with Gasteiger partial charge in [-0.15, -0.1) is 0 Å². The minimum atomic E-state index is -0.798. The Morgan fingerprint density at radius 3 is 2.00 bits per heavy atom. The van der Waals surface area contributed by atoms with Gasteiger partial charge in [0.1, 0.15) is 0 Å². The van der Waals surface area contributed by atoms with Crippen LogP contribution in [0, 0.1) is 11.8 Å². The summed E-state index contributed by atoms with van der Waals surface area (Å²) in [6.07, 6.45) is -0.930. The highest BCUT2D eigenvalue weighted by Gasteiger charge is 2.39. The van der Waals surface area contributed by atoms with Gasteiger partial charge in [0, 0.05) is 18.4 Å². The third kappa shape index (κ3) is 1.54. The average Bonchev–Trinajstić information content (AvgIpc) is 2.30. The molecule has 0 saturated heterocycles. The molecule has 0 heterocycles. The van der Waals surface area contributed by atoms with Crippen LogP contribution < -0.4 is 5.73 Å². The fraction of sp³-hybridized carbons (Fsp3) is 1.00. The molecule has 4 nitrogen and oxygen atoms in total. The molecule has 5 N–H and O–H groups in total. The fourth-order valence-electron chi connectivity index (χ4n) is 1.64. The Bertz CT molecular complexity index is 113. The Balaban J connectivity index is 2.53. The lowest BCUT2D eigenvalue weighted by molar-refractivity contribution is -0.00476. The van der Waals surface area contributed by atoms with Crippen LogP contribution in [0.25, 0.3) is 0 Å². The van der Waals surface area contributed by atoms with E-state index < -0.39 is 12.2 Å². The topological polar surface area (TPSA) is 86.7 Å². The van der Waals surface area contributed by atoms with Crippen molar-refractivity contribution < 1.29 is 15.3 Å². The molecule has 4 atom stereocenters. The predicted octanol–water partition coefficient (Wildman–Crippen LogP) is -1.70. The molecule has 0 aliphatic heterocycles. The molecule has 1 aliphatic rings. The number of rotatable bonds is 2. The second kappa shape index (κ2) is 3.49. The van der Waals surface area contributed by atoms with E-state index in [0.29, 0.717) is 13.0 Å². The Labute approximate surface area is 65.6 Å². The van der Waals surface area contributed by atoms with Gasteiger partial charge in [0.2, 0.25) is 0 Å². The summed E-state index contributed by atoms with van der Waals surface area (Å²) >= 11 is 0. The zero-order valence-electron chi connectivity index (χ0n) is 6.35. The van der Waals surface area contributed by atoms with E-state index in [2.05, 4.69) is 0 Å². The van der Waals surface area contributed by atoms with Crippen LogP contribution in [0.3, 0.4) is 0 Å². The molecule has 0 bridgehead atoms. The summed E-state index contributed by atoms with van der Waals surface area (Å²) < 4.78 is 0. The first-order valence-corrected chi connectivity index (χ1v) is 3.87. The fourth-order valence-corrected chi connectivity index (χ4v) is 1.64. The summed E-state index contributed by atoms with van der Waals surface area (Å²) in [4.78, 5) is 0. The van der Waals surface area contributed by atoms with Crippen molar-refractivity contribution in [1.29, 1.82) is 0 Å². The first kappa shape index (κ1) is 8.93. The van der Waals surface area contributed by atoms with E-state index in [1.165, 1.54) is 0 Å². The van der Waals surface area contributed by atoms with Gasteiger partial charge >= 0.3 is 0 Å². The number of hydrogen-bond acceptors (Lipinski definition) is 4. The van der Waals surface area contributed by atoms with Gasteiger partial charge in [0.25, 0.3) is 0 Å². The zero-order valence-corrected chi connectivity index (χ0v) is 6.35. The number of hydrogen-bond donors (Lipinski definition) is 4. The first-order valence-electron chi connectivity index (χ1n) is 3.87. The summed E-state index contributed by atoms with van der Waals surface area (Å²) in [7, 11) is 0.